The van der Waals surface area contributed by atoms with Gasteiger partial charge in [0.2, 0.25) is 5.89 Å². The molecule has 11 heavy (non-hydrogen) atoms. The van der Waals surface area contributed by atoms with Gasteiger partial charge >= 0.3 is 5.95 Å². The summed E-state index contributed by atoms with van der Waals surface area (Å²) in [5.74, 6) is 0.994. The summed E-state index contributed by atoms with van der Waals surface area (Å²) in [7, 11) is 0. The van der Waals surface area contributed by atoms with Crippen LogP contribution in [0.1, 0.15) is 18.5 Å². The van der Waals surface area contributed by atoms with Gasteiger partial charge in [0.15, 0.2) is 0 Å². The fourth-order valence-electron chi connectivity index (χ4n) is 0.755. The third kappa shape index (κ3) is 1.61. The number of ether oxygens (including phenoxy) is 1. The van der Waals surface area contributed by atoms with Crippen molar-refractivity contribution in [3.63, 3.8) is 0 Å². The molecule has 60 valence electrons. The molecule has 1 heterocycles. The molecule has 1 rings (SSSR count). The van der Waals surface area contributed by atoms with Gasteiger partial charge in [-0.1, -0.05) is 6.58 Å². The zero-order valence-electron chi connectivity index (χ0n) is 6.76. The summed E-state index contributed by atoms with van der Waals surface area (Å²) in [6.07, 6.45) is 1.55. The Morgan fingerprint density at radius 2 is 2.45 bits per heavy atom. The van der Waals surface area contributed by atoms with Gasteiger partial charge in [0, 0.05) is 0 Å². The van der Waals surface area contributed by atoms with Gasteiger partial charge < -0.3 is 9.15 Å². The second-order valence-corrected chi connectivity index (χ2v) is 2.06. The predicted octanol–water partition coefficient (Wildman–Crippen LogP) is 2.02. The summed E-state index contributed by atoms with van der Waals surface area (Å²) in [5.41, 5.74) is 0.766. The Hall–Kier alpha value is -1.25. The Morgan fingerprint density at radius 3 is 2.91 bits per heavy atom. The first-order valence-electron chi connectivity index (χ1n) is 3.50. The monoisotopic (exact) mass is 153 g/mol. The summed E-state index contributed by atoms with van der Waals surface area (Å²) in [5, 5.41) is 0. The minimum Gasteiger partial charge on any atom is -0.464 e. The molecular formula is C8H11NO2. The van der Waals surface area contributed by atoms with Crippen LogP contribution in [0.25, 0.3) is 6.08 Å². The molecule has 3 nitrogen and oxygen atoms in total. The summed E-state index contributed by atoms with van der Waals surface area (Å²) >= 11 is 0. The molecule has 3 heteroatoms. The van der Waals surface area contributed by atoms with E-state index in [0.29, 0.717) is 18.4 Å². The molecule has 0 saturated heterocycles. The highest BCUT2D eigenvalue weighted by Gasteiger charge is 2.06. The lowest BCUT2D eigenvalue weighted by Crippen LogP contribution is -1.90. The van der Waals surface area contributed by atoms with E-state index in [4.69, 9.17) is 9.15 Å². The van der Waals surface area contributed by atoms with Crippen molar-refractivity contribution in [1.82, 2.24) is 4.98 Å². The molecule has 0 N–H and O–H groups in total. The number of hydrogen-bond donors (Lipinski definition) is 0. The Morgan fingerprint density at radius 1 is 1.73 bits per heavy atom. The average molecular weight is 153 g/mol. The Labute approximate surface area is 65.7 Å². The molecule has 1 aromatic rings. The number of oxazole rings is 1. The first-order valence-corrected chi connectivity index (χ1v) is 3.50. The van der Waals surface area contributed by atoms with Crippen molar-refractivity contribution in [2.45, 2.75) is 13.8 Å². The van der Waals surface area contributed by atoms with Crippen molar-refractivity contribution < 1.29 is 9.15 Å². The second kappa shape index (κ2) is 3.23. The van der Waals surface area contributed by atoms with Gasteiger partial charge in [-0.3, -0.25) is 0 Å². The molecule has 0 aromatic carbocycles. The number of aromatic nitrogens is 1. The normalized spacial score (nSPS) is 9.64. The lowest BCUT2D eigenvalue weighted by molar-refractivity contribution is 0.254. The maximum absolute atomic E-state index is 5.15. The fourth-order valence-corrected chi connectivity index (χ4v) is 0.755. The first kappa shape index (κ1) is 7.85. The van der Waals surface area contributed by atoms with Gasteiger partial charge in [0.1, 0.15) is 5.69 Å². The maximum atomic E-state index is 5.15. The SMILES string of the molecule is C=Cc1nc(C)c(OCC)o1. The highest BCUT2D eigenvalue weighted by atomic mass is 16.6. The van der Waals surface area contributed by atoms with E-state index in [2.05, 4.69) is 11.6 Å². The lowest BCUT2D eigenvalue weighted by Gasteiger charge is -1.95. The second-order valence-electron chi connectivity index (χ2n) is 2.06. The largest absolute Gasteiger partial charge is 0.464 e. The summed E-state index contributed by atoms with van der Waals surface area (Å²) in [6.45, 7) is 7.86. The first-order chi connectivity index (χ1) is 5.27. The van der Waals surface area contributed by atoms with E-state index in [1.165, 1.54) is 0 Å². The molecule has 0 aliphatic carbocycles. The Kier molecular flexibility index (Phi) is 2.31. The van der Waals surface area contributed by atoms with Gasteiger partial charge in [-0.15, -0.1) is 0 Å². The van der Waals surface area contributed by atoms with Crippen LogP contribution in [0.2, 0.25) is 0 Å². The summed E-state index contributed by atoms with van der Waals surface area (Å²) < 4.78 is 10.3. The van der Waals surface area contributed by atoms with Crippen molar-refractivity contribution in [2.75, 3.05) is 6.61 Å². The van der Waals surface area contributed by atoms with Gasteiger partial charge in [-0.25, -0.2) is 4.98 Å². The molecule has 0 aliphatic rings. The number of rotatable bonds is 3. The number of aryl methyl sites for hydroxylation is 1. The van der Waals surface area contributed by atoms with Crippen LogP contribution in [0.15, 0.2) is 11.0 Å². The number of hydrogen-bond acceptors (Lipinski definition) is 3. The van der Waals surface area contributed by atoms with E-state index in [1.54, 1.807) is 6.08 Å². The van der Waals surface area contributed by atoms with Crippen LogP contribution in [0.5, 0.6) is 5.95 Å². The van der Waals surface area contributed by atoms with Gasteiger partial charge in [0.05, 0.1) is 6.61 Å². The number of nitrogens with zero attached hydrogens (tertiary/aromatic N) is 1. The van der Waals surface area contributed by atoms with Crippen LogP contribution in [0, 0.1) is 6.92 Å². The van der Waals surface area contributed by atoms with Gasteiger partial charge in [-0.05, 0) is 19.9 Å². The van der Waals surface area contributed by atoms with E-state index < -0.39 is 0 Å². The van der Waals surface area contributed by atoms with Crippen LogP contribution in [-0.2, 0) is 0 Å². The quantitative estimate of drug-likeness (QED) is 0.666. The highest BCUT2D eigenvalue weighted by molar-refractivity contribution is 5.36. The third-order valence-electron chi connectivity index (χ3n) is 1.22. The third-order valence-corrected chi connectivity index (χ3v) is 1.22. The summed E-state index contributed by atoms with van der Waals surface area (Å²) in [6, 6.07) is 0. The standard InChI is InChI=1S/C8H11NO2/c1-4-7-9-6(3)8(11-7)10-5-2/h4H,1,5H2,2-3H3. The molecule has 0 aliphatic heterocycles. The summed E-state index contributed by atoms with van der Waals surface area (Å²) in [4.78, 5) is 4.04. The van der Waals surface area contributed by atoms with Crippen LogP contribution in [-0.4, -0.2) is 11.6 Å². The topological polar surface area (TPSA) is 35.3 Å². The van der Waals surface area contributed by atoms with Crippen LogP contribution in [0.3, 0.4) is 0 Å². The minimum atomic E-state index is 0.488. The molecule has 0 fully saturated rings. The van der Waals surface area contributed by atoms with E-state index in [0.717, 1.165) is 5.69 Å². The van der Waals surface area contributed by atoms with Crippen molar-refractivity contribution in [2.24, 2.45) is 0 Å². The van der Waals surface area contributed by atoms with Gasteiger partial charge in [0.25, 0.3) is 0 Å². The Balaban J connectivity index is 2.87. The van der Waals surface area contributed by atoms with Crippen LogP contribution in [0.4, 0.5) is 0 Å². The van der Waals surface area contributed by atoms with Crippen molar-refractivity contribution in [3.8, 4) is 5.95 Å². The predicted molar refractivity (Wildman–Crippen MR) is 42.5 cm³/mol. The molecule has 0 unspecified atom stereocenters. The van der Waals surface area contributed by atoms with E-state index in [9.17, 15) is 0 Å². The molecule has 0 radical (unpaired) electrons. The average Bonchev–Trinajstić information content (AvgIpc) is 2.33. The van der Waals surface area contributed by atoms with Crippen molar-refractivity contribution >= 4 is 6.08 Å². The highest BCUT2D eigenvalue weighted by Crippen LogP contribution is 2.18. The molecular weight excluding hydrogens is 142 g/mol. The smallest absolute Gasteiger partial charge is 0.308 e. The zero-order valence-corrected chi connectivity index (χ0v) is 6.76. The fraction of sp³-hybridized carbons (Fsp3) is 0.375. The molecule has 0 spiro atoms. The molecule has 0 saturated carbocycles. The van der Waals surface area contributed by atoms with Gasteiger partial charge in [-0.2, -0.15) is 0 Å². The lowest BCUT2D eigenvalue weighted by atomic mass is 10.5. The van der Waals surface area contributed by atoms with Crippen LogP contribution < -0.4 is 4.74 Å². The van der Waals surface area contributed by atoms with Crippen LogP contribution >= 0.6 is 0 Å². The van der Waals surface area contributed by atoms with Crippen molar-refractivity contribution in [3.05, 3.63) is 18.2 Å². The molecule has 0 atom stereocenters. The van der Waals surface area contributed by atoms with Crippen molar-refractivity contribution in [1.29, 1.82) is 0 Å². The van der Waals surface area contributed by atoms with E-state index >= 15 is 0 Å². The maximum Gasteiger partial charge on any atom is 0.308 e. The molecule has 1 aromatic heterocycles. The van der Waals surface area contributed by atoms with E-state index in [1.807, 2.05) is 13.8 Å². The Bertz CT molecular complexity index is 253. The molecule has 0 bridgehead atoms. The molecule has 0 amide bonds. The zero-order chi connectivity index (χ0) is 8.27. The van der Waals surface area contributed by atoms with E-state index in [-0.39, 0.29) is 0 Å². The minimum absolute atomic E-state index is 0.488.